The zero-order valence-electron chi connectivity index (χ0n) is 6.78. The molecule has 2 aromatic rings. The van der Waals surface area contributed by atoms with E-state index in [0.717, 1.165) is 5.76 Å². The Balaban J connectivity index is 2.45. The molecule has 2 heteroatoms. The van der Waals surface area contributed by atoms with E-state index in [1.807, 2.05) is 18.2 Å². The molecule has 0 aliphatic carbocycles. The molecular weight excluding hydrogens is 264 g/mol. The average Bonchev–Trinajstić information content (AvgIpc) is 2.54. The first-order chi connectivity index (χ1) is 5.86. The molecule has 0 saturated heterocycles. The van der Waals surface area contributed by atoms with Crippen molar-refractivity contribution in [3.63, 3.8) is 0 Å². The fourth-order valence-corrected chi connectivity index (χ4v) is 2.56. The summed E-state index contributed by atoms with van der Waals surface area (Å²) in [5.74, 6) is 1.05. The molecule has 1 aromatic heterocycles. The van der Waals surface area contributed by atoms with Gasteiger partial charge in [0.2, 0.25) is 0 Å². The fourth-order valence-electron chi connectivity index (χ4n) is 1.08. The average molecular weight is 273 g/mol. The first-order valence-electron chi connectivity index (χ1n) is 3.81. The summed E-state index contributed by atoms with van der Waals surface area (Å²) in [6, 6.07) is 12.4. The summed E-state index contributed by atoms with van der Waals surface area (Å²) < 4.78 is 7.02. The second-order valence-electron chi connectivity index (χ2n) is 2.65. The van der Waals surface area contributed by atoms with Crippen LogP contribution in [-0.2, 0) is 0 Å². The summed E-state index contributed by atoms with van der Waals surface area (Å²) in [6.45, 7) is 2.14. The van der Waals surface area contributed by atoms with Gasteiger partial charge in [-0.2, -0.15) is 0 Å². The number of hydrogen-bond acceptors (Lipinski definition) is 0. The van der Waals surface area contributed by atoms with Gasteiger partial charge < -0.3 is 0 Å². The monoisotopic (exact) mass is 275 g/mol. The molecule has 0 spiro atoms. The topological polar surface area (TPSA) is 11.3 Å². The molecule has 1 heterocycles. The number of hydrogen-bond donors (Lipinski definition) is 0. The summed E-state index contributed by atoms with van der Waals surface area (Å²) in [7, 11) is 0. The molecule has 12 heavy (non-hydrogen) atoms. The predicted octanol–water partition coefficient (Wildman–Crippen LogP) is 2.59. The van der Waals surface area contributed by atoms with Gasteiger partial charge >= 0.3 is 81.8 Å². The Labute approximate surface area is 81.8 Å². The Morgan fingerprint density at radius 3 is 2.50 bits per heavy atom. The van der Waals surface area contributed by atoms with E-state index in [0.29, 0.717) is 0 Å². The van der Waals surface area contributed by atoms with Crippen molar-refractivity contribution in [2.75, 3.05) is 0 Å². The van der Waals surface area contributed by atoms with Crippen LogP contribution < -0.4 is 0 Å². The van der Waals surface area contributed by atoms with Crippen molar-refractivity contribution in [1.29, 1.82) is 0 Å². The van der Waals surface area contributed by atoms with Crippen LogP contribution in [0.15, 0.2) is 39.2 Å². The van der Waals surface area contributed by atoms with E-state index >= 15 is 0 Å². The summed E-state index contributed by atoms with van der Waals surface area (Å²) in [5, 5.41) is 0. The van der Waals surface area contributed by atoms with E-state index in [9.17, 15) is 0 Å². The van der Waals surface area contributed by atoms with Crippen LogP contribution in [0.25, 0.3) is 11.3 Å². The minimum atomic E-state index is -0.327. The van der Waals surface area contributed by atoms with Gasteiger partial charge in [-0.15, -0.1) is 0 Å². The van der Waals surface area contributed by atoms with E-state index in [1.165, 1.54) is 9.14 Å². The van der Waals surface area contributed by atoms with Gasteiger partial charge in [-0.1, -0.05) is 0 Å². The van der Waals surface area contributed by atoms with E-state index in [2.05, 4.69) is 25.1 Å². The van der Waals surface area contributed by atoms with Crippen LogP contribution in [0.1, 0.15) is 3.58 Å². The van der Waals surface area contributed by atoms with Crippen molar-refractivity contribution in [3.8, 4) is 11.3 Å². The minimum absolute atomic E-state index is 0.327. The summed E-state index contributed by atoms with van der Waals surface area (Å²) in [6.07, 6.45) is 0. The first kappa shape index (κ1) is 8.04. The summed E-state index contributed by atoms with van der Waals surface area (Å²) >= 11 is -0.327. The van der Waals surface area contributed by atoms with Gasteiger partial charge in [0.05, 0.1) is 0 Å². The van der Waals surface area contributed by atoms with Crippen molar-refractivity contribution < 1.29 is 2.76 Å². The predicted molar refractivity (Wildman–Crippen MR) is 50.2 cm³/mol. The van der Waals surface area contributed by atoms with Crippen LogP contribution >= 0.6 is 0 Å². The second-order valence-corrected chi connectivity index (χ2v) is 5.44. The van der Waals surface area contributed by atoms with Crippen LogP contribution in [0.3, 0.4) is 0 Å². The third-order valence-electron chi connectivity index (χ3n) is 1.66. The molecule has 1 aromatic carbocycles. The Morgan fingerprint density at radius 2 is 1.92 bits per heavy atom. The second kappa shape index (κ2) is 3.43. The molecule has 2 rings (SSSR count). The zero-order valence-corrected chi connectivity index (χ0v) is 9.11. The van der Waals surface area contributed by atoms with Gasteiger partial charge in [0.25, 0.3) is 0 Å². The van der Waals surface area contributed by atoms with Crippen LogP contribution in [0.4, 0.5) is 0 Å². The Hall–Kier alpha value is -0.580. The zero-order chi connectivity index (χ0) is 8.39. The van der Waals surface area contributed by atoms with Crippen molar-refractivity contribution in [2.24, 2.45) is 0 Å². The number of aryl methyl sites for hydroxylation is 1. The Kier molecular flexibility index (Phi) is 2.30. The molecule has 0 atom stereocenters. The standard InChI is InChI=1S/C10H9OTe/c1-8-7-10(11-12-8)9-5-3-2-4-6-9/h2-7H,1H3/q+1. The molecule has 0 aliphatic heterocycles. The Bertz CT molecular complexity index is 364. The molecule has 0 aliphatic rings. The van der Waals surface area contributed by atoms with Gasteiger partial charge in [0.15, 0.2) is 0 Å². The maximum absolute atomic E-state index is 5.61. The van der Waals surface area contributed by atoms with Gasteiger partial charge in [-0.05, 0) is 0 Å². The van der Waals surface area contributed by atoms with E-state index in [4.69, 9.17) is 2.76 Å². The van der Waals surface area contributed by atoms with Crippen LogP contribution in [0.2, 0.25) is 0 Å². The molecule has 0 saturated carbocycles. The third-order valence-corrected chi connectivity index (χ3v) is 3.49. The molecule has 0 unspecified atom stereocenters. The summed E-state index contributed by atoms with van der Waals surface area (Å²) in [5.41, 5.74) is 1.19. The number of rotatable bonds is 1. The van der Waals surface area contributed by atoms with Crippen molar-refractivity contribution >= 4 is 20.9 Å². The molecule has 0 bridgehead atoms. The van der Waals surface area contributed by atoms with Crippen molar-refractivity contribution in [2.45, 2.75) is 6.92 Å². The SMILES string of the molecule is Cc1cc(-c2ccccc2)[o+][te]1. The molecule has 0 fully saturated rings. The first-order valence-corrected chi connectivity index (χ1v) is 5.93. The molecule has 1 nitrogen and oxygen atoms in total. The van der Waals surface area contributed by atoms with Gasteiger partial charge in [0, 0.05) is 0 Å². The quantitative estimate of drug-likeness (QED) is 0.574. The third kappa shape index (κ3) is 1.60. The molecule has 60 valence electrons. The van der Waals surface area contributed by atoms with Crippen LogP contribution in [0.5, 0.6) is 0 Å². The molecule has 0 radical (unpaired) electrons. The van der Waals surface area contributed by atoms with Gasteiger partial charge in [0.1, 0.15) is 0 Å². The summed E-state index contributed by atoms with van der Waals surface area (Å²) in [4.78, 5) is 0. The van der Waals surface area contributed by atoms with E-state index in [1.54, 1.807) is 0 Å². The fraction of sp³-hybridized carbons (Fsp3) is 0.100. The van der Waals surface area contributed by atoms with E-state index in [-0.39, 0.29) is 20.9 Å². The van der Waals surface area contributed by atoms with Crippen molar-refractivity contribution in [1.82, 2.24) is 0 Å². The van der Waals surface area contributed by atoms with Crippen LogP contribution in [-0.4, -0.2) is 20.9 Å². The van der Waals surface area contributed by atoms with Gasteiger partial charge in [-0.3, -0.25) is 0 Å². The van der Waals surface area contributed by atoms with Crippen molar-refractivity contribution in [3.05, 3.63) is 40.0 Å². The molecular formula is C10H9OTe+. The molecule has 0 N–H and O–H groups in total. The Morgan fingerprint density at radius 1 is 1.17 bits per heavy atom. The van der Waals surface area contributed by atoms with Crippen LogP contribution in [0, 0.1) is 6.92 Å². The van der Waals surface area contributed by atoms with Gasteiger partial charge in [-0.25, -0.2) is 0 Å². The molecule has 0 amide bonds. The number of benzene rings is 1. The van der Waals surface area contributed by atoms with E-state index < -0.39 is 0 Å². The maximum atomic E-state index is 5.61. The normalized spacial score (nSPS) is 10.1.